The van der Waals surface area contributed by atoms with E-state index in [1.54, 1.807) is 0 Å². The van der Waals surface area contributed by atoms with Gasteiger partial charge in [0.1, 0.15) is 11.2 Å². The van der Waals surface area contributed by atoms with E-state index in [9.17, 15) is 0 Å². The fourth-order valence-electron chi connectivity index (χ4n) is 7.95. The molecule has 0 bridgehead atoms. The molecule has 8 aromatic carbocycles. The second-order valence-electron chi connectivity index (χ2n) is 13.2. The summed E-state index contributed by atoms with van der Waals surface area (Å²) in [6.45, 7) is 0. The van der Waals surface area contributed by atoms with Gasteiger partial charge < -0.3 is 8.98 Å². The summed E-state index contributed by atoms with van der Waals surface area (Å²) >= 11 is 0. The number of hydrogen-bond donors (Lipinski definition) is 0. The Kier molecular flexibility index (Phi) is 6.18. The van der Waals surface area contributed by atoms with E-state index in [4.69, 9.17) is 19.4 Å². The zero-order valence-corrected chi connectivity index (χ0v) is 27.9. The van der Waals surface area contributed by atoms with E-state index in [-0.39, 0.29) is 0 Å². The van der Waals surface area contributed by atoms with Gasteiger partial charge in [-0.25, -0.2) is 15.0 Å². The Bertz CT molecular complexity index is 3150. The molecular weight excluding hydrogens is 637 g/mol. The lowest BCUT2D eigenvalue weighted by molar-refractivity contribution is 0.669. The van der Waals surface area contributed by atoms with Crippen LogP contribution in [0.3, 0.4) is 0 Å². The molecule has 0 saturated heterocycles. The van der Waals surface area contributed by atoms with Crippen LogP contribution in [0.5, 0.6) is 0 Å². The minimum absolute atomic E-state index is 0.555. The lowest BCUT2D eigenvalue weighted by Crippen LogP contribution is -2.04. The van der Waals surface area contributed by atoms with Gasteiger partial charge in [-0.15, -0.1) is 0 Å². The summed E-state index contributed by atoms with van der Waals surface area (Å²) < 4.78 is 8.86. The number of aromatic nitrogens is 4. The molecule has 0 spiro atoms. The van der Waals surface area contributed by atoms with Crippen LogP contribution < -0.4 is 0 Å². The molecule has 3 aromatic heterocycles. The minimum Gasteiger partial charge on any atom is -0.455 e. The van der Waals surface area contributed by atoms with Crippen LogP contribution >= 0.6 is 0 Å². The largest absolute Gasteiger partial charge is 0.455 e. The van der Waals surface area contributed by atoms with Gasteiger partial charge in [-0.05, 0) is 52.6 Å². The second kappa shape index (κ2) is 11.2. The first-order chi connectivity index (χ1) is 25.8. The fourth-order valence-corrected chi connectivity index (χ4v) is 7.95. The molecule has 0 atom stereocenters. The normalized spacial score (nSPS) is 11.8. The summed E-state index contributed by atoms with van der Waals surface area (Å²) in [5.41, 5.74) is 7.50. The molecule has 0 N–H and O–H groups in total. The topological polar surface area (TPSA) is 56.7 Å². The molecule has 5 heteroatoms. The average molecular weight is 665 g/mol. The fraction of sp³-hybridized carbons (Fsp3) is 0. The maximum absolute atomic E-state index is 6.53. The molecular formula is C47H28N4O. The Hall–Kier alpha value is -7.11. The molecule has 0 aliphatic heterocycles. The van der Waals surface area contributed by atoms with Gasteiger partial charge in [0.25, 0.3) is 0 Å². The van der Waals surface area contributed by atoms with Gasteiger partial charge >= 0.3 is 0 Å². The van der Waals surface area contributed by atoms with Crippen molar-refractivity contribution < 1.29 is 4.42 Å². The number of benzene rings is 8. The molecule has 0 saturated carbocycles. The van der Waals surface area contributed by atoms with Gasteiger partial charge in [-0.2, -0.15) is 0 Å². The van der Waals surface area contributed by atoms with Crippen LogP contribution in [0.4, 0.5) is 0 Å². The highest BCUT2D eigenvalue weighted by Gasteiger charge is 2.22. The standard InChI is InChI=1S/C47H28N4O/c1-2-15-31-29(13-1)27-28-30-14-11-21-37(43(30)31)46-48-45(49-47(50-46)38-22-12-20-35-34-18-6-10-26-42(34)52-44(35)38)36-19-5-9-25-41(36)51-39-23-7-3-16-32(39)33-17-4-8-24-40(33)51/h1-28H. The minimum atomic E-state index is 0.555. The maximum Gasteiger partial charge on any atom is 0.167 e. The van der Waals surface area contributed by atoms with Crippen molar-refractivity contribution in [1.29, 1.82) is 0 Å². The first-order valence-electron chi connectivity index (χ1n) is 17.5. The number of para-hydroxylation sites is 5. The van der Waals surface area contributed by atoms with Gasteiger partial charge in [-0.1, -0.05) is 133 Å². The predicted molar refractivity (Wildman–Crippen MR) is 213 cm³/mol. The van der Waals surface area contributed by atoms with Crippen molar-refractivity contribution in [2.24, 2.45) is 0 Å². The lowest BCUT2D eigenvalue weighted by Gasteiger charge is -2.15. The first kappa shape index (κ1) is 28.7. The van der Waals surface area contributed by atoms with Crippen molar-refractivity contribution in [3.63, 3.8) is 0 Å². The lowest BCUT2D eigenvalue weighted by atomic mass is 9.97. The predicted octanol–water partition coefficient (Wildman–Crippen LogP) is 12.2. The van der Waals surface area contributed by atoms with Gasteiger partial charge in [0.05, 0.1) is 22.3 Å². The summed E-state index contributed by atoms with van der Waals surface area (Å²) in [6, 6.07) is 59.1. The SMILES string of the molecule is c1ccc(-n2c3ccccc3c3ccccc32)c(-c2nc(-c3cccc4c3oc3ccccc34)nc(-c3cccc4ccc5ccccc5c34)n2)c1. The molecule has 11 aromatic rings. The van der Waals surface area contributed by atoms with Crippen molar-refractivity contribution in [1.82, 2.24) is 19.5 Å². The van der Waals surface area contributed by atoms with E-state index in [0.29, 0.717) is 17.5 Å². The molecule has 0 fully saturated rings. The van der Waals surface area contributed by atoms with Crippen LogP contribution in [-0.4, -0.2) is 19.5 Å². The van der Waals surface area contributed by atoms with Crippen molar-refractivity contribution >= 4 is 65.3 Å². The Morgan fingerprint density at radius 2 is 0.885 bits per heavy atom. The van der Waals surface area contributed by atoms with Crippen LogP contribution in [0.15, 0.2) is 174 Å². The van der Waals surface area contributed by atoms with Crippen molar-refractivity contribution in [2.75, 3.05) is 0 Å². The van der Waals surface area contributed by atoms with Crippen molar-refractivity contribution in [2.45, 2.75) is 0 Å². The van der Waals surface area contributed by atoms with E-state index in [1.165, 1.54) is 16.2 Å². The second-order valence-corrected chi connectivity index (χ2v) is 13.2. The third-order valence-electron chi connectivity index (χ3n) is 10.3. The third-order valence-corrected chi connectivity index (χ3v) is 10.3. The van der Waals surface area contributed by atoms with Crippen molar-refractivity contribution in [3.05, 3.63) is 170 Å². The van der Waals surface area contributed by atoms with Crippen LogP contribution in [0.25, 0.3) is 105 Å². The zero-order chi connectivity index (χ0) is 34.2. The van der Waals surface area contributed by atoms with Gasteiger partial charge in [-0.3, -0.25) is 0 Å². The molecule has 52 heavy (non-hydrogen) atoms. The monoisotopic (exact) mass is 664 g/mol. The molecule has 242 valence electrons. The van der Waals surface area contributed by atoms with Crippen LogP contribution in [-0.2, 0) is 0 Å². The zero-order valence-electron chi connectivity index (χ0n) is 27.9. The summed E-state index contributed by atoms with van der Waals surface area (Å²) in [5.74, 6) is 1.74. The summed E-state index contributed by atoms with van der Waals surface area (Å²) in [7, 11) is 0. The highest BCUT2D eigenvalue weighted by Crippen LogP contribution is 2.40. The van der Waals surface area contributed by atoms with E-state index >= 15 is 0 Å². The molecule has 3 heterocycles. The van der Waals surface area contributed by atoms with E-state index in [0.717, 1.165) is 71.5 Å². The highest BCUT2D eigenvalue weighted by atomic mass is 16.3. The third kappa shape index (κ3) is 4.26. The van der Waals surface area contributed by atoms with E-state index in [2.05, 4.69) is 150 Å². The van der Waals surface area contributed by atoms with E-state index < -0.39 is 0 Å². The number of nitrogens with zero attached hydrogens (tertiary/aromatic N) is 4. The van der Waals surface area contributed by atoms with Crippen LogP contribution in [0.1, 0.15) is 0 Å². The Morgan fingerprint density at radius 3 is 1.69 bits per heavy atom. The van der Waals surface area contributed by atoms with Gasteiger partial charge in [0.15, 0.2) is 17.5 Å². The number of hydrogen-bond acceptors (Lipinski definition) is 4. The first-order valence-corrected chi connectivity index (χ1v) is 17.5. The molecule has 0 radical (unpaired) electrons. The van der Waals surface area contributed by atoms with Crippen molar-refractivity contribution in [3.8, 4) is 39.9 Å². The molecule has 0 aliphatic rings. The molecule has 0 aliphatic carbocycles. The highest BCUT2D eigenvalue weighted by molar-refractivity contribution is 6.14. The number of rotatable bonds is 4. The molecule has 0 amide bonds. The van der Waals surface area contributed by atoms with Crippen LogP contribution in [0, 0.1) is 0 Å². The van der Waals surface area contributed by atoms with Gasteiger partial charge in [0.2, 0.25) is 0 Å². The maximum atomic E-state index is 6.53. The molecule has 5 nitrogen and oxygen atoms in total. The Balaban J connectivity index is 1.24. The Labute approximate surface area is 298 Å². The molecule has 11 rings (SSSR count). The smallest absolute Gasteiger partial charge is 0.167 e. The van der Waals surface area contributed by atoms with Gasteiger partial charge in [0, 0.05) is 38.1 Å². The number of furan rings is 1. The number of fused-ring (bicyclic) bond motifs is 9. The van der Waals surface area contributed by atoms with E-state index in [1.807, 2.05) is 24.3 Å². The quantitative estimate of drug-likeness (QED) is 0.176. The molecule has 0 unspecified atom stereocenters. The summed E-state index contributed by atoms with van der Waals surface area (Å²) in [5, 5.41) is 9.05. The average Bonchev–Trinajstić information content (AvgIpc) is 3.76. The van der Waals surface area contributed by atoms with Crippen LogP contribution in [0.2, 0.25) is 0 Å². The summed E-state index contributed by atoms with van der Waals surface area (Å²) in [6.07, 6.45) is 0. The Morgan fingerprint density at radius 1 is 0.365 bits per heavy atom. The summed E-state index contributed by atoms with van der Waals surface area (Å²) in [4.78, 5) is 15.9.